The van der Waals surface area contributed by atoms with Crippen molar-refractivity contribution in [2.24, 2.45) is 5.92 Å². The van der Waals surface area contributed by atoms with Gasteiger partial charge < -0.3 is 14.5 Å². The zero-order chi connectivity index (χ0) is 17.3. The van der Waals surface area contributed by atoms with Crippen LogP contribution in [0.4, 0.5) is 5.00 Å². The Morgan fingerprint density at radius 2 is 2.25 bits per heavy atom. The molecule has 2 aromatic rings. The van der Waals surface area contributed by atoms with Crippen LogP contribution in [-0.4, -0.2) is 19.0 Å². The first-order valence-electron chi connectivity index (χ1n) is 7.83. The Morgan fingerprint density at radius 1 is 1.46 bits per heavy atom. The molecule has 128 valence electrons. The molecule has 0 spiro atoms. The molecule has 0 saturated heterocycles. The van der Waals surface area contributed by atoms with Crippen molar-refractivity contribution in [1.82, 2.24) is 0 Å². The SMILES string of the molecule is CCC1CCc2c(sc(NC(=O)c3ccc(Br)o3)c2C(=O)OC)C1. The number of ether oxygens (including phenoxy) is 1. The van der Waals surface area contributed by atoms with Crippen LogP contribution in [0.1, 0.15) is 51.1 Å². The van der Waals surface area contributed by atoms with Crippen LogP contribution in [-0.2, 0) is 17.6 Å². The molecule has 7 heteroatoms. The number of methoxy groups -OCH3 is 1. The number of thiophene rings is 1. The number of rotatable bonds is 4. The van der Waals surface area contributed by atoms with Gasteiger partial charge in [-0.05, 0) is 58.8 Å². The van der Waals surface area contributed by atoms with Gasteiger partial charge in [0.05, 0.1) is 12.7 Å². The molecular formula is C17H18BrNO4S. The maximum absolute atomic E-state index is 12.4. The largest absolute Gasteiger partial charge is 0.465 e. The molecule has 1 amide bonds. The molecule has 0 aromatic carbocycles. The summed E-state index contributed by atoms with van der Waals surface area (Å²) in [6.07, 6.45) is 3.97. The third-order valence-electron chi connectivity index (χ3n) is 4.36. The van der Waals surface area contributed by atoms with Gasteiger partial charge in [-0.3, -0.25) is 4.79 Å². The molecule has 24 heavy (non-hydrogen) atoms. The number of carbonyl (C=O) groups is 2. The number of hydrogen-bond acceptors (Lipinski definition) is 5. The summed E-state index contributed by atoms with van der Waals surface area (Å²) in [5.74, 6) is 0.0385. The van der Waals surface area contributed by atoms with E-state index in [1.165, 1.54) is 23.3 Å². The lowest BCUT2D eigenvalue weighted by Gasteiger charge is -2.20. The number of nitrogens with one attached hydrogen (secondary N) is 1. The van der Waals surface area contributed by atoms with Gasteiger partial charge >= 0.3 is 5.97 Å². The van der Waals surface area contributed by atoms with Gasteiger partial charge in [-0.15, -0.1) is 11.3 Å². The summed E-state index contributed by atoms with van der Waals surface area (Å²) in [7, 11) is 1.36. The van der Waals surface area contributed by atoms with Crippen molar-refractivity contribution < 1.29 is 18.7 Å². The number of amides is 1. The van der Waals surface area contributed by atoms with Crippen molar-refractivity contribution in [2.45, 2.75) is 32.6 Å². The quantitative estimate of drug-likeness (QED) is 0.742. The van der Waals surface area contributed by atoms with E-state index in [1.54, 1.807) is 12.1 Å². The van der Waals surface area contributed by atoms with E-state index in [0.29, 0.717) is 21.2 Å². The van der Waals surface area contributed by atoms with Crippen LogP contribution in [0.2, 0.25) is 0 Å². The number of esters is 1. The second-order valence-electron chi connectivity index (χ2n) is 5.77. The lowest BCUT2D eigenvalue weighted by atomic mass is 9.86. The monoisotopic (exact) mass is 411 g/mol. The number of hydrogen-bond donors (Lipinski definition) is 1. The summed E-state index contributed by atoms with van der Waals surface area (Å²) >= 11 is 4.65. The fraction of sp³-hybridized carbons (Fsp3) is 0.412. The number of fused-ring (bicyclic) bond motifs is 1. The minimum atomic E-state index is -0.404. The fourth-order valence-electron chi connectivity index (χ4n) is 3.01. The number of halogens is 1. The molecule has 1 aliphatic carbocycles. The predicted molar refractivity (Wildman–Crippen MR) is 95.8 cm³/mol. The van der Waals surface area contributed by atoms with E-state index in [-0.39, 0.29) is 11.7 Å². The fourth-order valence-corrected chi connectivity index (χ4v) is 4.66. The molecule has 1 atom stereocenters. The van der Waals surface area contributed by atoms with Crippen molar-refractivity contribution in [3.63, 3.8) is 0 Å². The molecule has 1 unspecified atom stereocenters. The first-order chi connectivity index (χ1) is 11.5. The normalized spacial score (nSPS) is 16.5. The minimum absolute atomic E-state index is 0.190. The van der Waals surface area contributed by atoms with Crippen LogP contribution < -0.4 is 5.32 Å². The molecule has 2 heterocycles. The van der Waals surface area contributed by atoms with E-state index in [9.17, 15) is 9.59 Å². The Balaban J connectivity index is 1.93. The second kappa shape index (κ2) is 7.11. The van der Waals surface area contributed by atoms with Gasteiger partial charge in [-0.2, -0.15) is 0 Å². The third-order valence-corrected chi connectivity index (χ3v) is 5.95. The zero-order valence-corrected chi connectivity index (χ0v) is 15.9. The molecule has 2 aromatic heterocycles. The summed E-state index contributed by atoms with van der Waals surface area (Å²) in [5.41, 5.74) is 1.51. The minimum Gasteiger partial charge on any atom is -0.465 e. The number of carbonyl (C=O) groups excluding carboxylic acids is 2. The topological polar surface area (TPSA) is 68.5 Å². The standard InChI is InChI=1S/C17H18BrNO4S/c1-3-9-4-5-10-12(8-9)24-16(14(10)17(21)22-2)19-15(20)11-6-7-13(18)23-11/h6-7,9H,3-5,8H2,1-2H3,(H,19,20). The van der Waals surface area contributed by atoms with Gasteiger partial charge in [0.1, 0.15) is 5.00 Å². The van der Waals surface area contributed by atoms with Crippen LogP contribution in [0.3, 0.4) is 0 Å². The Morgan fingerprint density at radius 3 is 2.88 bits per heavy atom. The molecule has 0 aliphatic heterocycles. The van der Waals surface area contributed by atoms with E-state index in [4.69, 9.17) is 9.15 Å². The number of furan rings is 1. The summed E-state index contributed by atoms with van der Waals surface area (Å²) in [6.45, 7) is 2.18. The second-order valence-corrected chi connectivity index (χ2v) is 7.66. The average Bonchev–Trinajstić information content (AvgIpc) is 3.16. The highest BCUT2D eigenvalue weighted by molar-refractivity contribution is 9.10. The zero-order valence-electron chi connectivity index (χ0n) is 13.5. The van der Waals surface area contributed by atoms with Gasteiger partial charge in [0.25, 0.3) is 5.91 Å². The number of anilines is 1. The molecule has 5 nitrogen and oxygen atoms in total. The first-order valence-corrected chi connectivity index (χ1v) is 9.44. The summed E-state index contributed by atoms with van der Waals surface area (Å²) in [6, 6.07) is 3.24. The molecule has 1 N–H and O–H groups in total. The van der Waals surface area contributed by atoms with E-state index >= 15 is 0 Å². The summed E-state index contributed by atoms with van der Waals surface area (Å²) in [4.78, 5) is 25.8. The lowest BCUT2D eigenvalue weighted by molar-refractivity contribution is 0.0601. The first kappa shape index (κ1) is 17.2. The van der Waals surface area contributed by atoms with Gasteiger partial charge in [-0.1, -0.05) is 13.3 Å². The third kappa shape index (κ3) is 3.28. The van der Waals surface area contributed by atoms with Gasteiger partial charge in [-0.25, -0.2) is 4.79 Å². The Labute approximate surface area is 152 Å². The van der Waals surface area contributed by atoms with Crippen molar-refractivity contribution in [1.29, 1.82) is 0 Å². The Hall–Kier alpha value is -1.60. The van der Waals surface area contributed by atoms with Crippen molar-refractivity contribution in [2.75, 3.05) is 12.4 Å². The molecule has 0 fully saturated rings. The molecular weight excluding hydrogens is 394 g/mol. The van der Waals surface area contributed by atoms with Gasteiger partial charge in [0.15, 0.2) is 10.4 Å². The summed E-state index contributed by atoms with van der Waals surface area (Å²) < 4.78 is 10.7. The lowest BCUT2D eigenvalue weighted by Crippen LogP contribution is -2.16. The molecule has 0 radical (unpaired) electrons. The van der Waals surface area contributed by atoms with Crippen LogP contribution in [0, 0.1) is 5.92 Å². The van der Waals surface area contributed by atoms with Crippen molar-refractivity contribution >= 4 is 44.1 Å². The highest BCUT2D eigenvalue weighted by Gasteiger charge is 2.30. The van der Waals surface area contributed by atoms with Crippen LogP contribution in [0.25, 0.3) is 0 Å². The van der Waals surface area contributed by atoms with E-state index in [2.05, 4.69) is 28.2 Å². The van der Waals surface area contributed by atoms with Gasteiger partial charge in [0, 0.05) is 4.88 Å². The van der Waals surface area contributed by atoms with Crippen molar-refractivity contribution in [3.05, 3.63) is 38.6 Å². The Bertz CT molecular complexity index is 780. The average molecular weight is 412 g/mol. The highest BCUT2D eigenvalue weighted by Crippen LogP contribution is 2.41. The van der Waals surface area contributed by atoms with Crippen LogP contribution in [0.5, 0.6) is 0 Å². The maximum atomic E-state index is 12.4. The molecule has 0 bridgehead atoms. The maximum Gasteiger partial charge on any atom is 0.341 e. The molecule has 1 aliphatic rings. The van der Waals surface area contributed by atoms with E-state index in [0.717, 1.165) is 31.2 Å². The van der Waals surface area contributed by atoms with Crippen LogP contribution >= 0.6 is 27.3 Å². The van der Waals surface area contributed by atoms with Gasteiger partial charge in [0.2, 0.25) is 0 Å². The van der Waals surface area contributed by atoms with Crippen molar-refractivity contribution in [3.8, 4) is 0 Å². The highest BCUT2D eigenvalue weighted by atomic mass is 79.9. The van der Waals surface area contributed by atoms with Crippen LogP contribution in [0.15, 0.2) is 21.2 Å². The molecule has 3 rings (SSSR count). The molecule has 0 saturated carbocycles. The van der Waals surface area contributed by atoms with E-state index < -0.39 is 5.97 Å². The smallest absolute Gasteiger partial charge is 0.341 e. The predicted octanol–water partition coefficient (Wildman–Crippen LogP) is 4.66. The summed E-state index contributed by atoms with van der Waals surface area (Å²) in [5, 5.41) is 3.35. The Kier molecular flexibility index (Phi) is 5.10. The van der Waals surface area contributed by atoms with E-state index in [1.807, 2.05) is 0 Å².